The summed E-state index contributed by atoms with van der Waals surface area (Å²) in [6, 6.07) is 18.9. The number of nitrogens with one attached hydrogen (secondary N) is 2. The number of unbranched alkanes of at least 4 members (excludes halogenated alkanes) is 2. The van der Waals surface area contributed by atoms with Crippen molar-refractivity contribution in [3.8, 4) is 0 Å². The van der Waals surface area contributed by atoms with Gasteiger partial charge >= 0.3 is 0 Å². The quantitative estimate of drug-likeness (QED) is 0.309. The third kappa shape index (κ3) is 5.61. The molecule has 4 rings (SSSR count). The molecule has 2 aromatic carbocycles. The number of rotatable bonds is 10. The lowest BCUT2D eigenvalue weighted by Crippen LogP contribution is -2.25. The Morgan fingerprint density at radius 3 is 2.61 bits per heavy atom. The topological polar surface area (TPSA) is 57.8 Å². The number of nitrogens with zero attached hydrogens (tertiary/aromatic N) is 1. The zero-order valence-electron chi connectivity index (χ0n) is 18.0. The van der Waals surface area contributed by atoms with E-state index < -0.39 is 0 Å². The largest absolute Gasteiger partial charge is 0.361 e. The molecule has 2 aromatic heterocycles. The van der Waals surface area contributed by atoms with Crippen LogP contribution in [0, 0.1) is 6.92 Å². The minimum Gasteiger partial charge on any atom is -0.361 e. The number of hydrogen-bond donors (Lipinski definition) is 2. The number of hydrogen-bond acceptors (Lipinski definition) is 3. The van der Waals surface area contributed by atoms with Crippen LogP contribution in [0.4, 0.5) is 0 Å². The number of H-pyrrole nitrogens is 1. The maximum absolute atomic E-state index is 12.7. The fourth-order valence-corrected chi connectivity index (χ4v) is 4.95. The Morgan fingerprint density at radius 1 is 0.968 bits per heavy atom. The molecule has 0 fully saturated rings. The molecule has 2 heterocycles. The summed E-state index contributed by atoms with van der Waals surface area (Å²) in [5, 5.41) is 5.36. The van der Waals surface area contributed by atoms with Crippen LogP contribution in [0.5, 0.6) is 0 Å². The molecule has 0 radical (unpaired) electrons. The number of amides is 1. The number of carbonyl (C=O) groups excluding carboxylic acids is 1. The minimum atomic E-state index is -0.00910. The first-order chi connectivity index (χ1) is 15.2. The Bertz CT molecular complexity index is 1130. The van der Waals surface area contributed by atoms with Gasteiger partial charge in [0, 0.05) is 23.6 Å². The van der Waals surface area contributed by atoms with E-state index in [1.54, 1.807) is 11.3 Å². The molecule has 0 saturated carbocycles. The van der Waals surface area contributed by atoms with Crippen molar-refractivity contribution in [2.45, 2.75) is 45.4 Å². The van der Waals surface area contributed by atoms with E-state index in [0.29, 0.717) is 6.54 Å². The predicted octanol–water partition coefficient (Wildman–Crippen LogP) is 5.86. The van der Waals surface area contributed by atoms with Crippen LogP contribution in [0.15, 0.2) is 60.8 Å². The molecule has 0 aliphatic heterocycles. The monoisotopic (exact) mass is 431 g/mol. The average molecular weight is 432 g/mol. The van der Waals surface area contributed by atoms with Gasteiger partial charge in [0.25, 0.3) is 5.91 Å². The smallest absolute Gasteiger partial charge is 0.263 e. The van der Waals surface area contributed by atoms with E-state index in [4.69, 9.17) is 0 Å². The van der Waals surface area contributed by atoms with E-state index in [0.717, 1.165) is 46.8 Å². The van der Waals surface area contributed by atoms with Crippen molar-refractivity contribution < 1.29 is 4.79 Å². The Kier molecular flexibility index (Phi) is 7.15. The third-order valence-corrected chi connectivity index (χ3v) is 6.82. The van der Waals surface area contributed by atoms with Crippen LogP contribution in [0.3, 0.4) is 0 Å². The van der Waals surface area contributed by atoms with Gasteiger partial charge in [-0.15, -0.1) is 11.3 Å². The van der Waals surface area contributed by atoms with Crippen molar-refractivity contribution in [2.24, 2.45) is 0 Å². The average Bonchev–Trinajstić information content (AvgIpc) is 3.37. The lowest BCUT2D eigenvalue weighted by Gasteiger charge is -2.03. The van der Waals surface area contributed by atoms with Gasteiger partial charge in [0.2, 0.25) is 0 Å². The highest BCUT2D eigenvalue weighted by molar-refractivity contribution is 7.13. The highest BCUT2D eigenvalue weighted by atomic mass is 32.1. The van der Waals surface area contributed by atoms with Crippen molar-refractivity contribution in [2.75, 3.05) is 6.54 Å². The Morgan fingerprint density at radius 2 is 1.74 bits per heavy atom. The van der Waals surface area contributed by atoms with Crippen molar-refractivity contribution >= 4 is 28.1 Å². The van der Waals surface area contributed by atoms with Crippen LogP contribution in [0.25, 0.3) is 10.9 Å². The van der Waals surface area contributed by atoms with E-state index in [1.807, 2.05) is 25.3 Å². The Balaban J connectivity index is 1.21. The summed E-state index contributed by atoms with van der Waals surface area (Å²) in [6.45, 7) is 2.55. The number of carbonyl (C=O) groups is 1. The number of benzene rings is 2. The number of aromatic amines is 1. The molecule has 0 unspecified atom stereocenters. The standard InChI is InChI=1S/C26H29N3OS/c1-19-25(26(30)27-17-16-21-18-28-23-14-9-8-13-22(21)23)31-24(29-19)15-7-3-6-12-20-10-4-2-5-11-20/h2,4-5,8-11,13-14,18,28H,3,6-7,12,15-17H2,1H3,(H,27,30). The van der Waals surface area contributed by atoms with Crippen molar-refractivity contribution in [3.05, 3.63) is 87.5 Å². The van der Waals surface area contributed by atoms with Gasteiger partial charge in [0.15, 0.2) is 0 Å². The first kappa shape index (κ1) is 21.3. The second-order valence-corrected chi connectivity index (χ2v) is 9.02. The number of thiazole rings is 1. The first-order valence-corrected chi connectivity index (χ1v) is 11.9. The molecule has 4 aromatic rings. The number of para-hydroxylation sites is 1. The molecule has 160 valence electrons. The fraction of sp³-hybridized carbons (Fsp3) is 0.308. The molecular formula is C26H29N3OS. The van der Waals surface area contributed by atoms with E-state index in [9.17, 15) is 4.79 Å². The normalized spacial score (nSPS) is 11.1. The number of fused-ring (bicyclic) bond motifs is 1. The molecule has 0 spiro atoms. The van der Waals surface area contributed by atoms with Crippen LogP contribution in [-0.2, 0) is 19.3 Å². The molecule has 2 N–H and O–H groups in total. The maximum atomic E-state index is 12.7. The van der Waals surface area contributed by atoms with Crippen LogP contribution in [0.2, 0.25) is 0 Å². The summed E-state index contributed by atoms with van der Waals surface area (Å²) in [4.78, 5) is 21.3. The van der Waals surface area contributed by atoms with Gasteiger partial charge in [-0.05, 0) is 56.2 Å². The van der Waals surface area contributed by atoms with Gasteiger partial charge in [-0.1, -0.05) is 55.0 Å². The van der Waals surface area contributed by atoms with E-state index in [1.165, 1.54) is 29.4 Å². The highest BCUT2D eigenvalue weighted by Crippen LogP contribution is 2.21. The molecule has 0 aliphatic rings. The third-order valence-electron chi connectivity index (χ3n) is 5.60. The van der Waals surface area contributed by atoms with Crippen LogP contribution in [0.1, 0.15) is 50.8 Å². The van der Waals surface area contributed by atoms with E-state index >= 15 is 0 Å². The number of aryl methyl sites for hydroxylation is 3. The van der Waals surface area contributed by atoms with Gasteiger partial charge in [-0.3, -0.25) is 4.79 Å². The zero-order valence-corrected chi connectivity index (χ0v) is 18.8. The molecule has 31 heavy (non-hydrogen) atoms. The van der Waals surface area contributed by atoms with E-state index in [2.05, 4.69) is 57.7 Å². The summed E-state index contributed by atoms with van der Waals surface area (Å²) >= 11 is 1.54. The Hall–Kier alpha value is -2.92. The summed E-state index contributed by atoms with van der Waals surface area (Å²) < 4.78 is 0. The van der Waals surface area contributed by atoms with Gasteiger partial charge in [-0.25, -0.2) is 4.98 Å². The maximum Gasteiger partial charge on any atom is 0.263 e. The van der Waals surface area contributed by atoms with Crippen LogP contribution < -0.4 is 5.32 Å². The van der Waals surface area contributed by atoms with Gasteiger partial charge in [0.1, 0.15) is 4.88 Å². The highest BCUT2D eigenvalue weighted by Gasteiger charge is 2.15. The van der Waals surface area contributed by atoms with Gasteiger partial charge in [0.05, 0.1) is 10.7 Å². The molecule has 5 heteroatoms. The van der Waals surface area contributed by atoms with Crippen molar-refractivity contribution in [1.29, 1.82) is 0 Å². The summed E-state index contributed by atoms with van der Waals surface area (Å²) in [5.41, 5.74) is 4.61. The molecular weight excluding hydrogens is 402 g/mol. The fourth-order valence-electron chi connectivity index (χ4n) is 3.93. The molecule has 0 atom stereocenters. The Labute approximate surface area is 187 Å². The second-order valence-electron chi connectivity index (χ2n) is 7.93. The minimum absolute atomic E-state index is 0.00910. The van der Waals surface area contributed by atoms with Gasteiger partial charge < -0.3 is 10.3 Å². The summed E-state index contributed by atoms with van der Waals surface area (Å²) in [5.74, 6) is -0.00910. The van der Waals surface area contributed by atoms with Gasteiger partial charge in [-0.2, -0.15) is 0 Å². The first-order valence-electron chi connectivity index (χ1n) is 11.0. The molecule has 0 bridgehead atoms. The molecule has 0 aliphatic carbocycles. The lowest BCUT2D eigenvalue weighted by molar-refractivity contribution is 0.0957. The molecule has 0 saturated heterocycles. The number of aromatic nitrogens is 2. The van der Waals surface area contributed by atoms with Crippen molar-refractivity contribution in [3.63, 3.8) is 0 Å². The zero-order chi connectivity index (χ0) is 21.5. The summed E-state index contributed by atoms with van der Waals surface area (Å²) in [7, 11) is 0. The predicted molar refractivity (Wildman–Crippen MR) is 129 cm³/mol. The summed E-state index contributed by atoms with van der Waals surface area (Å²) in [6.07, 6.45) is 8.40. The van der Waals surface area contributed by atoms with E-state index in [-0.39, 0.29) is 5.91 Å². The van der Waals surface area contributed by atoms with Crippen molar-refractivity contribution in [1.82, 2.24) is 15.3 Å². The molecule has 1 amide bonds. The second kappa shape index (κ2) is 10.4. The molecule has 4 nitrogen and oxygen atoms in total. The lowest BCUT2D eigenvalue weighted by atomic mass is 10.1. The SMILES string of the molecule is Cc1nc(CCCCCc2ccccc2)sc1C(=O)NCCc1c[nH]c2ccccc12. The van der Waals surface area contributed by atoms with Crippen LogP contribution >= 0.6 is 11.3 Å². The van der Waals surface area contributed by atoms with Crippen LogP contribution in [-0.4, -0.2) is 22.4 Å².